The normalized spacial score (nSPS) is 14.1. The fraction of sp³-hybridized carbons (Fsp3) is 0.515. The summed E-state index contributed by atoms with van der Waals surface area (Å²) in [5.41, 5.74) is 1.66. The van der Waals surface area contributed by atoms with Crippen LogP contribution < -0.4 is 0 Å². The van der Waals surface area contributed by atoms with Crippen molar-refractivity contribution >= 4 is 23.6 Å². The van der Waals surface area contributed by atoms with Crippen LogP contribution in [0, 0.1) is 16.2 Å². The Hall–Kier alpha value is -2.88. The molecular weight excluding hydrogens is 460 g/mol. The first-order chi connectivity index (χ1) is 17.3. The zero-order valence-corrected chi connectivity index (χ0v) is 23.9. The number of hydrogen-bond acceptors (Lipinski definition) is 4. The third kappa shape index (κ3) is 9.83. The maximum Gasteiger partial charge on any atom is 0.338 e. The van der Waals surface area contributed by atoms with Gasteiger partial charge in [0.15, 0.2) is 0 Å². The number of hydrogen-bond donors (Lipinski definition) is 0. The average Bonchev–Trinajstić information content (AvgIpc) is 2.83. The number of benzene rings is 2. The molecule has 4 heteroatoms. The number of carbonyl (C=O) groups is 2. The molecule has 1 atom stereocenters. The van der Waals surface area contributed by atoms with Crippen LogP contribution in [0.3, 0.4) is 0 Å². The van der Waals surface area contributed by atoms with Crippen molar-refractivity contribution in [3.05, 3.63) is 71.8 Å². The lowest BCUT2D eigenvalue weighted by atomic mass is 9.61. The molecule has 202 valence electrons. The molecule has 0 saturated carbocycles. The highest BCUT2D eigenvalue weighted by atomic mass is 16.5. The lowest BCUT2D eigenvalue weighted by Crippen LogP contribution is -2.44. The standard InChI is InChI=1S/C33H46O4/c1-31(2,3)25-33(7,32(4,5)6)30(35)37-23-17-9-8-16-22-36-29(34)28(27-20-14-11-15-21-27)24-26-18-12-10-13-19-26/h10-15,18-21,24H,8-9,16-17,22-23,25H2,1-7H3/b28-24-. The Morgan fingerprint density at radius 2 is 1.22 bits per heavy atom. The monoisotopic (exact) mass is 506 g/mol. The molecule has 0 heterocycles. The van der Waals surface area contributed by atoms with Gasteiger partial charge in [-0.05, 0) is 67.1 Å². The van der Waals surface area contributed by atoms with Gasteiger partial charge in [-0.2, -0.15) is 0 Å². The summed E-state index contributed by atoms with van der Waals surface area (Å²) in [6, 6.07) is 19.4. The fourth-order valence-corrected chi connectivity index (χ4v) is 4.42. The van der Waals surface area contributed by atoms with E-state index < -0.39 is 5.41 Å². The molecule has 0 aliphatic heterocycles. The van der Waals surface area contributed by atoms with Crippen LogP contribution >= 0.6 is 0 Å². The van der Waals surface area contributed by atoms with Gasteiger partial charge in [0, 0.05) is 0 Å². The molecule has 1 unspecified atom stereocenters. The summed E-state index contributed by atoms with van der Waals surface area (Å²) in [7, 11) is 0. The van der Waals surface area contributed by atoms with Crippen molar-refractivity contribution in [1.29, 1.82) is 0 Å². The van der Waals surface area contributed by atoms with Crippen LogP contribution in [-0.2, 0) is 19.1 Å². The summed E-state index contributed by atoms with van der Waals surface area (Å²) in [5.74, 6) is -0.424. The largest absolute Gasteiger partial charge is 0.465 e. The maximum absolute atomic E-state index is 13.0. The summed E-state index contributed by atoms with van der Waals surface area (Å²) in [6.07, 6.45) is 6.05. The van der Waals surface area contributed by atoms with Gasteiger partial charge in [-0.15, -0.1) is 0 Å². The minimum absolute atomic E-state index is 0.0369. The highest BCUT2D eigenvalue weighted by Crippen LogP contribution is 2.47. The van der Waals surface area contributed by atoms with Gasteiger partial charge in [-0.25, -0.2) is 4.79 Å². The van der Waals surface area contributed by atoms with Gasteiger partial charge in [-0.1, -0.05) is 102 Å². The topological polar surface area (TPSA) is 52.6 Å². The van der Waals surface area contributed by atoms with E-state index >= 15 is 0 Å². The van der Waals surface area contributed by atoms with Gasteiger partial charge >= 0.3 is 11.9 Å². The van der Waals surface area contributed by atoms with Crippen molar-refractivity contribution in [2.24, 2.45) is 16.2 Å². The Balaban J connectivity index is 1.78. The van der Waals surface area contributed by atoms with Crippen LogP contribution in [-0.4, -0.2) is 25.2 Å². The second kappa shape index (κ2) is 13.6. The third-order valence-electron chi connectivity index (χ3n) is 6.91. The Kier molecular flexibility index (Phi) is 11.2. The lowest BCUT2D eigenvalue weighted by molar-refractivity contribution is -0.165. The summed E-state index contributed by atoms with van der Waals surface area (Å²) >= 11 is 0. The lowest BCUT2D eigenvalue weighted by Gasteiger charge is -2.43. The Labute approximate surface area is 224 Å². The summed E-state index contributed by atoms with van der Waals surface area (Å²) < 4.78 is 11.3. The van der Waals surface area contributed by atoms with E-state index in [0.717, 1.165) is 43.2 Å². The van der Waals surface area contributed by atoms with Crippen LogP contribution in [0.5, 0.6) is 0 Å². The van der Waals surface area contributed by atoms with Crippen molar-refractivity contribution in [1.82, 2.24) is 0 Å². The predicted molar refractivity (Wildman–Crippen MR) is 153 cm³/mol. The average molecular weight is 507 g/mol. The van der Waals surface area contributed by atoms with E-state index in [0.29, 0.717) is 18.8 Å². The first-order valence-electron chi connectivity index (χ1n) is 13.5. The Morgan fingerprint density at radius 1 is 0.703 bits per heavy atom. The maximum atomic E-state index is 13.0. The molecule has 0 saturated heterocycles. The molecule has 2 aromatic carbocycles. The predicted octanol–water partition coefficient (Wildman–Crippen LogP) is 8.36. The minimum atomic E-state index is -0.539. The first-order valence-corrected chi connectivity index (χ1v) is 13.5. The van der Waals surface area contributed by atoms with Gasteiger partial charge in [-0.3, -0.25) is 4.79 Å². The van der Waals surface area contributed by atoms with E-state index in [1.54, 1.807) is 0 Å². The Morgan fingerprint density at radius 3 is 1.73 bits per heavy atom. The second-order valence-electron chi connectivity index (χ2n) is 12.3. The number of esters is 2. The van der Waals surface area contributed by atoms with Crippen LogP contribution in [0.2, 0.25) is 0 Å². The van der Waals surface area contributed by atoms with E-state index in [9.17, 15) is 9.59 Å². The Bertz CT molecular complexity index is 1010. The van der Waals surface area contributed by atoms with Gasteiger partial charge in [0.05, 0.1) is 24.2 Å². The summed E-state index contributed by atoms with van der Waals surface area (Å²) in [6.45, 7) is 15.6. The van der Waals surface area contributed by atoms with Crippen LogP contribution in [0.25, 0.3) is 11.6 Å². The van der Waals surface area contributed by atoms with Gasteiger partial charge in [0.2, 0.25) is 0 Å². The van der Waals surface area contributed by atoms with Crippen molar-refractivity contribution < 1.29 is 19.1 Å². The molecule has 0 spiro atoms. The SMILES string of the molecule is CC(C)(C)CC(C)(C(=O)OCCCCCCOC(=O)/C(=C\c1ccccc1)c1ccccc1)C(C)(C)C. The molecule has 0 fully saturated rings. The zero-order valence-electron chi connectivity index (χ0n) is 23.9. The van der Waals surface area contributed by atoms with Crippen LogP contribution in [0.4, 0.5) is 0 Å². The molecule has 37 heavy (non-hydrogen) atoms. The summed E-state index contributed by atoms with van der Waals surface area (Å²) in [4.78, 5) is 25.9. The van der Waals surface area contributed by atoms with Crippen LogP contribution in [0.1, 0.15) is 91.7 Å². The van der Waals surface area contributed by atoms with Crippen LogP contribution in [0.15, 0.2) is 60.7 Å². The van der Waals surface area contributed by atoms with Crippen molar-refractivity contribution in [2.75, 3.05) is 13.2 Å². The third-order valence-corrected chi connectivity index (χ3v) is 6.91. The van der Waals surface area contributed by atoms with Gasteiger partial charge in [0.1, 0.15) is 0 Å². The zero-order chi connectivity index (χ0) is 27.5. The van der Waals surface area contributed by atoms with E-state index in [-0.39, 0.29) is 22.8 Å². The molecule has 0 N–H and O–H groups in total. The van der Waals surface area contributed by atoms with E-state index in [2.05, 4.69) is 41.5 Å². The van der Waals surface area contributed by atoms with E-state index in [1.165, 1.54) is 0 Å². The smallest absolute Gasteiger partial charge is 0.338 e. The fourth-order valence-electron chi connectivity index (χ4n) is 4.42. The molecule has 0 aromatic heterocycles. The van der Waals surface area contributed by atoms with Crippen molar-refractivity contribution in [2.45, 2.75) is 80.6 Å². The second-order valence-corrected chi connectivity index (χ2v) is 12.3. The molecule has 0 bridgehead atoms. The molecular formula is C33H46O4. The summed E-state index contributed by atoms with van der Waals surface area (Å²) in [5, 5.41) is 0. The molecule has 2 rings (SSSR count). The number of carbonyl (C=O) groups excluding carboxylic acids is 2. The van der Waals surface area contributed by atoms with Crippen molar-refractivity contribution in [3.63, 3.8) is 0 Å². The molecule has 0 aliphatic carbocycles. The van der Waals surface area contributed by atoms with E-state index in [1.807, 2.05) is 73.7 Å². The van der Waals surface area contributed by atoms with Gasteiger partial charge < -0.3 is 9.47 Å². The molecule has 0 amide bonds. The minimum Gasteiger partial charge on any atom is -0.465 e. The quantitative estimate of drug-likeness (QED) is 0.126. The molecule has 0 radical (unpaired) electrons. The highest BCUT2D eigenvalue weighted by molar-refractivity contribution is 6.21. The number of unbranched alkanes of at least 4 members (excludes halogenated alkanes) is 3. The number of ether oxygens (including phenoxy) is 2. The first kappa shape index (κ1) is 30.3. The number of rotatable bonds is 12. The van der Waals surface area contributed by atoms with E-state index in [4.69, 9.17) is 9.47 Å². The molecule has 4 nitrogen and oxygen atoms in total. The van der Waals surface area contributed by atoms with Crippen molar-refractivity contribution in [3.8, 4) is 0 Å². The van der Waals surface area contributed by atoms with Gasteiger partial charge in [0.25, 0.3) is 0 Å². The molecule has 2 aromatic rings. The highest BCUT2D eigenvalue weighted by Gasteiger charge is 2.47. The molecule has 0 aliphatic rings.